The Balaban J connectivity index is 2.10. The van der Waals surface area contributed by atoms with Gasteiger partial charge in [-0.05, 0) is 56.2 Å². The van der Waals surface area contributed by atoms with Crippen LogP contribution in [0.15, 0.2) is 12.1 Å². The lowest BCUT2D eigenvalue weighted by Crippen LogP contribution is -2.36. The zero-order valence-corrected chi connectivity index (χ0v) is 10.7. The predicted octanol–water partition coefficient (Wildman–Crippen LogP) is 3.08. The zero-order chi connectivity index (χ0) is 14.2. The van der Waals surface area contributed by atoms with E-state index in [4.69, 9.17) is 0 Å². The van der Waals surface area contributed by atoms with Gasteiger partial charge in [-0.1, -0.05) is 0 Å². The first kappa shape index (κ1) is 14.3. The van der Waals surface area contributed by atoms with Gasteiger partial charge in [-0.2, -0.15) is 0 Å². The van der Waals surface area contributed by atoms with Crippen molar-refractivity contribution in [2.45, 2.75) is 44.3 Å². The van der Waals surface area contributed by atoms with Crippen LogP contribution in [0.5, 0.6) is 0 Å². The Hall–Kier alpha value is -1.07. The summed E-state index contributed by atoms with van der Waals surface area (Å²) in [5.74, 6) is -5.82. The maximum Gasteiger partial charge on any atom is 0.194 e. The smallest absolute Gasteiger partial charge is 0.194 e. The van der Waals surface area contributed by atoms with E-state index >= 15 is 0 Å². The summed E-state index contributed by atoms with van der Waals surface area (Å²) in [4.78, 5) is 0. The molecule has 1 saturated carbocycles. The van der Waals surface area contributed by atoms with Gasteiger partial charge in [-0.25, -0.2) is 13.2 Å². The standard InChI is InChI=1S/C14H17F3O2/c1-14(18,19)10-4-2-8(3-5-10)9-6-11(15)13(17)12(16)7-9/h6-8,10,18-19H,2-5H2,1H3. The average Bonchev–Trinajstić information content (AvgIpc) is 2.34. The number of hydrogen-bond donors (Lipinski definition) is 2. The van der Waals surface area contributed by atoms with E-state index < -0.39 is 23.2 Å². The summed E-state index contributed by atoms with van der Waals surface area (Å²) in [6.07, 6.45) is 2.33. The summed E-state index contributed by atoms with van der Waals surface area (Å²) in [5.41, 5.74) is 0.437. The van der Waals surface area contributed by atoms with E-state index in [-0.39, 0.29) is 11.8 Å². The number of benzene rings is 1. The molecule has 0 unspecified atom stereocenters. The number of rotatable bonds is 2. The number of halogens is 3. The third kappa shape index (κ3) is 3.09. The van der Waals surface area contributed by atoms with Crippen molar-refractivity contribution in [2.75, 3.05) is 0 Å². The lowest BCUT2D eigenvalue weighted by molar-refractivity contribution is -0.192. The molecule has 0 atom stereocenters. The van der Waals surface area contributed by atoms with Crippen LogP contribution in [0.3, 0.4) is 0 Å². The fourth-order valence-electron chi connectivity index (χ4n) is 2.78. The summed E-state index contributed by atoms with van der Waals surface area (Å²) >= 11 is 0. The van der Waals surface area contributed by atoms with E-state index in [1.807, 2.05) is 0 Å². The van der Waals surface area contributed by atoms with Crippen LogP contribution in [-0.2, 0) is 0 Å². The highest BCUT2D eigenvalue weighted by Gasteiger charge is 2.33. The number of hydrogen-bond acceptors (Lipinski definition) is 2. The molecule has 5 heteroatoms. The summed E-state index contributed by atoms with van der Waals surface area (Å²) < 4.78 is 39.2. The van der Waals surface area contributed by atoms with E-state index in [1.165, 1.54) is 6.92 Å². The van der Waals surface area contributed by atoms with Crippen LogP contribution in [0.25, 0.3) is 0 Å². The van der Waals surface area contributed by atoms with Gasteiger partial charge in [0.15, 0.2) is 23.2 Å². The molecule has 0 amide bonds. The Kier molecular flexibility index (Phi) is 3.87. The molecule has 0 saturated heterocycles. The molecule has 1 fully saturated rings. The highest BCUT2D eigenvalue weighted by atomic mass is 19.2. The van der Waals surface area contributed by atoms with Crippen LogP contribution < -0.4 is 0 Å². The van der Waals surface area contributed by atoms with Crippen LogP contribution in [0.1, 0.15) is 44.1 Å². The van der Waals surface area contributed by atoms with Gasteiger partial charge in [0.2, 0.25) is 0 Å². The molecule has 2 nitrogen and oxygen atoms in total. The minimum Gasteiger partial charge on any atom is -0.366 e. The molecule has 0 bridgehead atoms. The predicted molar refractivity (Wildman–Crippen MR) is 63.9 cm³/mol. The maximum atomic E-state index is 13.2. The molecule has 2 N–H and O–H groups in total. The molecular weight excluding hydrogens is 257 g/mol. The van der Waals surface area contributed by atoms with Gasteiger partial charge in [0, 0.05) is 5.92 Å². The van der Waals surface area contributed by atoms with E-state index in [9.17, 15) is 23.4 Å². The first-order chi connectivity index (χ1) is 8.79. The SMILES string of the molecule is CC(O)(O)C1CCC(c2cc(F)c(F)c(F)c2)CC1. The molecular formula is C14H17F3O2. The van der Waals surface area contributed by atoms with Crippen molar-refractivity contribution >= 4 is 0 Å². The van der Waals surface area contributed by atoms with Crippen molar-refractivity contribution in [3.05, 3.63) is 35.1 Å². The highest BCUT2D eigenvalue weighted by Crippen LogP contribution is 2.39. The monoisotopic (exact) mass is 274 g/mol. The van der Waals surface area contributed by atoms with Crippen molar-refractivity contribution in [2.24, 2.45) is 5.92 Å². The third-order valence-corrected chi connectivity index (χ3v) is 3.98. The topological polar surface area (TPSA) is 40.5 Å². The lowest BCUT2D eigenvalue weighted by atomic mass is 9.76. The molecule has 1 aliphatic carbocycles. The van der Waals surface area contributed by atoms with Crippen molar-refractivity contribution in [3.63, 3.8) is 0 Å². The fourth-order valence-corrected chi connectivity index (χ4v) is 2.78. The molecule has 106 valence electrons. The second-order valence-electron chi connectivity index (χ2n) is 5.44. The Morgan fingerprint density at radius 2 is 1.47 bits per heavy atom. The molecule has 19 heavy (non-hydrogen) atoms. The molecule has 0 radical (unpaired) electrons. The molecule has 1 aliphatic rings. The Bertz CT molecular complexity index is 437. The molecule has 2 rings (SSSR count). The van der Waals surface area contributed by atoms with Crippen LogP contribution in [-0.4, -0.2) is 16.0 Å². The molecule has 0 aromatic heterocycles. The molecule has 0 heterocycles. The van der Waals surface area contributed by atoms with Gasteiger partial charge in [0.25, 0.3) is 0 Å². The van der Waals surface area contributed by atoms with Crippen molar-refractivity contribution in [1.29, 1.82) is 0 Å². The van der Waals surface area contributed by atoms with Crippen LogP contribution in [0, 0.1) is 23.4 Å². The van der Waals surface area contributed by atoms with Crippen molar-refractivity contribution in [3.8, 4) is 0 Å². The normalized spacial score (nSPS) is 24.5. The first-order valence-corrected chi connectivity index (χ1v) is 6.38. The number of aliphatic hydroxyl groups is 2. The van der Waals surface area contributed by atoms with Gasteiger partial charge < -0.3 is 10.2 Å². The highest BCUT2D eigenvalue weighted by molar-refractivity contribution is 5.23. The fraction of sp³-hybridized carbons (Fsp3) is 0.571. The van der Waals surface area contributed by atoms with E-state index in [1.54, 1.807) is 0 Å². The Morgan fingerprint density at radius 1 is 1.00 bits per heavy atom. The van der Waals surface area contributed by atoms with Crippen LogP contribution in [0.2, 0.25) is 0 Å². The third-order valence-electron chi connectivity index (χ3n) is 3.98. The molecule has 1 aromatic rings. The zero-order valence-electron chi connectivity index (χ0n) is 10.7. The van der Waals surface area contributed by atoms with Crippen molar-refractivity contribution in [1.82, 2.24) is 0 Å². The Labute approximate surface area is 109 Å². The first-order valence-electron chi connectivity index (χ1n) is 6.38. The maximum absolute atomic E-state index is 13.2. The van der Waals surface area contributed by atoms with Gasteiger partial charge in [0.05, 0.1) is 0 Å². The lowest BCUT2D eigenvalue weighted by Gasteiger charge is -2.34. The van der Waals surface area contributed by atoms with Crippen molar-refractivity contribution < 1.29 is 23.4 Å². The summed E-state index contributed by atoms with van der Waals surface area (Å²) in [7, 11) is 0. The second kappa shape index (κ2) is 5.13. The largest absolute Gasteiger partial charge is 0.366 e. The van der Waals surface area contributed by atoms with Gasteiger partial charge in [-0.3, -0.25) is 0 Å². The van der Waals surface area contributed by atoms with Crippen LogP contribution in [0.4, 0.5) is 13.2 Å². The van der Waals surface area contributed by atoms with E-state index in [2.05, 4.69) is 0 Å². The summed E-state index contributed by atoms with van der Waals surface area (Å²) in [6.45, 7) is 1.34. The van der Waals surface area contributed by atoms with Crippen LogP contribution >= 0.6 is 0 Å². The van der Waals surface area contributed by atoms with Gasteiger partial charge in [-0.15, -0.1) is 0 Å². The minimum atomic E-state index is -1.72. The molecule has 0 spiro atoms. The summed E-state index contributed by atoms with van der Waals surface area (Å²) in [5, 5.41) is 19.0. The van der Waals surface area contributed by atoms with E-state index in [0.29, 0.717) is 31.2 Å². The molecule has 0 aliphatic heterocycles. The quantitative estimate of drug-likeness (QED) is 0.642. The summed E-state index contributed by atoms with van der Waals surface area (Å²) in [6, 6.07) is 2.06. The molecule has 1 aromatic carbocycles. The van der Waals surface area contributed by atoms with Gasteiger partial charge in [0.1, 0.15) is 0 Å². The second-order valence-corrected chi connectivity index (χ2v) is 5.44. The average molecular weight is 274 g/mol. The minimum absolute atomic E-state index is 0.0665. The van der Waals surface area contributed by atoms with Gasteiger partial charge >= 0.3 is 0 Å². The van der Waals surface area contributed by atoms with E-state index in [0.717, 1.165) is 12.1 Å². The Morgan fingerprint density at radius 3 is 1.89 bits per heavy atom.